The zero-order chi connectivity index (χ0) is 11.4. The highest BCUT2D eigenvalue weighted by atomic mass is 16.6. The number of rotatable bonds is 5. The van der Waals surface area contributed by atoms with Gasteiger partial charge in [0.15, 0.2) is 0 Å². The first-order valence-corrected chi connectivity index (χ1v) is 5.54. The zero-order valence-corrected chi connectivity index (χ0v) is 9.35. The Morgan fingerprint density at radius 3 is 2.60 bits per heavy atom. The van der Waals surface area contributed by atoms with Gasteiger partial charge in [0, 0.05) is 6.42 Å². The van der Waals surface area contributed by atoms with Crippen LogP contribution in [0.3, 0.4) is 0 Å². The number of carbonyl (C=O) groups is 1. The summed E-state index contributed by atoms with van der Waals surface area (Å²) < 4.78 is 4.90. The molecule has 0 aromatic heterocycles. The number of cyclic esters (lactones) is 1. The molecule has 0 saturated carbocycles. The van der Waals surface area contributed by atoms with Crippen LogP contribution in [0, 0.1) is 11.8 Å². The Labute approximate surface area is 90.2 Å². The van der Waals surface area contributed by atoms with Crippen LogP contribution in [0.25, 0.3) is 0 Å². The summed E-state index contributed by atoms with van der Waals surface area (Å²) in [5.74, 6) is -0.295. The highest BCUT2D eigenvalue weighted by molar-refractivity contribution is 5.75. The maximum atomic E-state index is 11.3. The molecule has 1 aliphatic heterocycles. The minimum absolute atomic E-state index is 0.154. The fraction of sp³-hybridized carbons (Fsp3) is 0.909. The summed E-state index contributed by atoms with van der Waals surface area (Å²) in [4.78, 5) is 11.3. The average Bonchev–Trinajstić information content (AvgIpc) is 2.56. The van der Waals surface area contributed by atoms with E-state index in [-0.39, 0.29) is 12.6 Å². The molecule has 1 rings (SSSR count). The van der Waals surface area contributed by atoms with Crippen molar-refractivity contribution in [2.45, 2.75) is 45.3 Å². The Morgan fingerprint density at radius 2 is 2.13 bits per heavy atom. The van der Waals surface area contributed by atoms with E-state index < -0.39 is 18.1 Å². The van der Waals surface area contributed by atoms with Gasteiger partial charge in [-0.25, -0.2) is 0 Å². The van der Waals surface area contributed by atoms with Crippen molar-refractivity contribution >= 4 is 5.97 Å². The number of aliphatic hydroxyl groups is 2. The van der Waals surface area contributed by atoms with Crippen molar-refractivity contribution in [2.75, 3.05) is 6.61 Å². The van der Waals surface area contributed by atoms with Crippen LogP contribution in [-0.4, -0.2) is 35.0 Å². The third-order valence-corrected chi connectivity index (χ3v) is 2.81. The Kier molecular flexibility index (Phi) is 4.54. The molecule has 0 unspecified atom stereocenters. The molecule has 1 aliphatic rings. The third-order valence-electron chi connectivity index (χ3n) is 2.81. The van der Waals surface area contributed by atoms with Gasteiger partial charge in [0.2, 0.25) is 0 Å². The number of aliphatic hydroxyl groups excluding tert-OH is 2. The Balaban J connectivity index is 2.39. The molecule has 0 bridgehead atoms. The molecule has 0 radical (unpaired) electrons. The summed E-state index contributed by atoms with van der Waals surface area (Å²) in [5, 5.41) is 18.6. The Bertz CT molecular complexity index is 215. The maximum Gasteiger partial charge on any atom is 0.312 e. The highest BCUT2D eigenvalue weighted by Crippen LogP contribution is 2.26. The fourth-order valence-electron chi connectivity index (χ4n) is 1.81. The Hall–Kier alpha value is -0.610. The van der Waals surface area contributed by atoms with Gasteiger partial charge >= 0.3 is 5.97 Å². The van der Waals surface area contributed by atoms with E-state index >= 15 is 0 Å². The predicted octanol–water partition coefficient (Wildman–Crippen LogP) is 0.707. The summed E-state index contributed by atoms with van der Waals surface area (Å²) in [6.07, 6.45) is 0.909. The van der Waals surface area contributed by atoms with Crippen LogP contribution in [0.5, 0.6) is 0 Å². The lowest BCUT2D eigenvalue weighted by Crippen LogP contribution is -2.24. The molecule has 4 nitrogen and oxygen atoms in total. The van der Waals surface area contributed by atoms with Gasteiger partial charge in [-0.05, 0) is 18.8 Å². The molecule has 1 heterocycles. The predicted molar refractivity (Wildman–Crippen MR) is 55.2 cm³/mol. The first-order chi connectivity index (χ1) is 7.04. The van der Waals surface area contributed by atoms with Crippen molar-refractivity contribution in [3.63, 3.8) is 0 Å². The summed E-state index contributed by atoms with van der Waals surface area (Å²) in [6, 6.07) is 0. The molecule has 1 saturated heterocycles. The summed E-state index contributed by atoms with van der Waals surface area (Å²) in [5.41, 5.74) is 0. The van der Waals surface area contributed by atoms with Gasteiger partial charge in [0.1, 0.15) is 6.10 Å². The van der Waals surface area contributed by atoms with Crippen LogP contribution in [0.2, 0.25) is 0 Å². The van der Waals surface area contributed by atoms with E-state index in [2.05, 4.69) is 13.8 Å². The van der Waals surface area contributed by atoms with Gasteiger partial charge in [0.25, 0.3) is 0 Å². The summed E-state index contributed by atoms with van der Waals surface area (Å²) >= 11 is 0. The second-order valence-corrected chi connectivity index (χ2v) is 4.62. The average molecular weight is 216 g/mol. The molecule has 0 aromatic carbocycles. The first-order valence-electron chi connectivity index (χ1n) is 5.54. The minimum atomic E-state index is -0.628. The molecule has 0 amide bonds. The number of hydrogen-bond donors (Lipinski definition) is 2. The number of ether oxygens (including phenoxy) is 1. The van der Waals surface area contributed by atoms with Crippen molar-refractivity contribution < 1.29 is 19.7 Å². The number of hydrogen-bond acceptors (Lipinski definition) is 4. The first kappa shape index (κ1) is 12.5. The number of carbonyl (C=O) groups excluding carboxylic acids is 1. The van der Waals surface area contributed by atoms with Crippen molar-refractivity contribution in [3.05, 3.63) is 0 Å². The molecule has 0 spiro atoms. The molecular weight excluding hydrogens is 196 g/mol. The maximum absolute atomic E-state index is 11.3. The lowest BCUT2D eigenvalue weighted by molar-refractivity contribution is -0.147. The standard InChI is InChI=1S/C11H20O4/c1-7(2)3-4-10(13)9-5-8(6-12)15-11(9)14/h7-10,12-13H,3-6H2,1-2H3/t8-,9-,10-/m1/s1. The van der Waals surface area contributed by atoms with Crippen LogP contribution in [-0.2, 0) is 9.53 Å². The van der Waals surface area contributed by atoms with Crippen LogP contribution in [0.15, 0.2) is 0 Å². The van der Waals surface area contributed by atoms with E-state index in [1.165, 1.54) is 0 Å². The van der Waals surface area contributed by atoms with Crippen molar-refractivity contribution in [1.82, 2.24) is 0 Å². The van der Waals surface area contributed by atoms with Gasteiger partial charge < -0.3 is 14.9 Å². The second kappa shape index (κ2) is 5.47. The molecule has 0 aliphatic carbocycles. The van der Waals surface area contributed by atoms with Crippen LogP contribution < -0.4 is 0 Å². The van der Waals surface area contributed by atoms with E-state index in [9.17, 15) is 9.90 Å². The van der Waals surface area contributed by atoms with E-state index in [1.54, 1.807) is 0 Å². The molecule has 0 aromatic rings. The van der Waals surface area contributed by atoms with Crippen molar-refractivity contribution in [2.24, 2.45) is 11.8 Å². The normalized spacial score (nSPS) is 28.2. The van der Waals surface area contributed by atoms with Gasteiger partial charge in [-0.15, -0.1) is 0 Å². The second-order valence-electron chi connectivity index (χ2n) is 4.62. The van der Waals surface area contributed by atoms with Gasteiger partial charge in [0.05, 0.1) is 18.6 Å². The summed E-state index contributed by atoms with van der Waals surface area (Å²) in [6.45, 7) is 4.01. The zero-order valence-electron chi connectivity index (χ0n) is 9.35. The molecule has 88 valence electrons. The van der Waals surface area contributed by atoms with Crippen molar-refractivity contribution in [1.29, 1.82) is 0 Å². The van der Waals surface area contributed by atoms with Gasteiger partial charge in [-0.3, -0.25) is 4.79 Å². The highest BCUT2D eigenvalue weighted by Gasteiger charge is 2.38. The van der Waals surface area contributed by atoms with E-state index in [1.807, 2.05) is 0 Å². The molecule has 4 heteroatoms. The quantitative estimate of drug-likeness (QED) is 0.664. The Morgan fingerprint density at radius 1 is 1.47 bits per heavy atom. The molecule has 2 N–H and O–H groups in total. The SMILES string of the molecule is CC(C)CC[C@@H](O)[C@H]1C[C@H](CO)OC1=O. The molecule has 15 heavy (non-hydrogen) atoms. The van der Waals surface area contributed by atoms with Crippen LogP contribution >= 0.6 is 0 Å². The van der Waals surface area contributed by atoms with Crippen LogP contribution in [0.4, 0.5) is 0 Å². The van der Waals surface area contributed by atoms with Crippen LogP contribution in [0.1, 0.15) is 33.1 Å². The van der Waals surface area contributed by atoms with E-state index in [4.69, 9.17) is 9.84 Å². The molecular formula is C11H20O4. The largest absolute Gasteiger partial charge is 0.460 e. The topological polar surface area (TPSA) is 66.8 Å². The smallest absolute Gasteiger partial charge is 0.312 e. The van der Waals surface area contributed by atoms with Crippen molar-refractivity contribution in [3.8, 4) is 0 Å². The lowest BCUT2D eigenvalue weighted by atomic mass is 9.93. The molecule has 3 atom stereocenters. The third kappa shape index (κ3) is 3.47. The van der Waals surface area contributed by atoms with E-state index in [0.29, 0.717) is 18.8 Å². The monoisotopic (exact) mass is 216 g/mol. The van der Waals surface area contributed by atoms with E-state index in [0.717, 1.165) is 6.42 Å². The number of esters is 1. The summed E-state index contributed by atoms with van der Waals surface area (Å²) in [7, 11) is 0. The lowest BCUT2D eigenvalue weighted by Gasteiger charge is -2.15. The fourth-order valence-corrected chi connectivity index (χ4v) is 1.81. The van der Waals surface area contributed by atoms with Gasteiger partial charge in [-0.2, -0.15) is 0 Å². The van der Waals surface area contributed by atoms with Gasteiger partial charge in [-0.1, -0.05) is 13.8 Å². The molecule has 1 fully saturated rings. The minimum Gasteiger partial charge on any atom is -0.460 e.